The van der Waals surface area contributed by atoms with Gasteiger partial charge in [-0.15, -0.1) is 0 Å². The topological polar surface area (TPSA) is 12.0 Å². The van der Waals surface area contributed by atoms with E-state index < -0.39 is 0 Å². The van der Waals surface area contributed by atoms with Crippen LogP contribution in [0, 0.1) is 0 Å². The van der Waals surface area contributed by atoms with E-state index in [2.05, 4.69) is 65.2 Å². The van der Waals surface area contributed by atoms with E-state index in [0.29, 0.717) is 11.5 Å². The Morgan fingerprint density at radius 3 is 2.56 bits per heavy atom. The summed E-state index contributed by atoms with van der Waals surface area (Å²) >= 11 is 0. The second kappa shape index (κ2) is 4.38. The number of benzene rings is 1. The van der Waals surface area contributed by atoms with Crippen molar-refractivity contribution in [1.82, 2.24) is 5.32 Å². The second-order valence-electron chi connectivity index (χ2n) is 6.97. The highest BCUT2D eigenvalue weighted by Gasteiger charge is 2.36. The van der Waals surface area contributed by atoms with Crippen LogP contribution in [0.4, 0.5) is 0 Å². The van der Waals surface area contributed by atoms with E-state index in [1.807, 2.05) is 0 Å². The number of hydrogen-bond donors (Lipinski definition) is 1. The number of rotatable bonds is 3. The van der Waals surface area contributed by atoms with Gasteiger partial charge in [-0.2, -0.15) is 0 Å². The molecule has 0 bridgehead atoms. The number of hydrogen-bond acceptors (Lipinski definition) is 1. The third-order valence-electron chi connectivity index (χ3n) is 4.88. The van der Waals surface area contributed by atoms with Crippen LogP contribution in [0.25, 0.3) is 0 Å². The Morgan fingerprint density at radius 1 is 1.33 bits per heavy atom. The fourth-order valence-corrected chi connectivity index (χ4v) is 3.08. The van der Waals surface area contributed by atoms with Crippen LogP contribution in [0.2, 0.25) is 0 Å². The van der Waals surface area contributed by atoms with Crippen LogP contribution in [0.15, 0.2) is 18.2 Å². The molecule has 0 aromatic heterocycles. The fraction of sp³-hybridized carbons (Fsp3) is 0.647. The average Bonchev–Trinajstić information content (AvgIpc) is 2.60. The third kappa shape index (κ3) is 2.09. The molecule has 1 aromatic carbocycles. The molecule has 100 valence electrons. The van der Waals surface area contributed by atoms with Crippen LogP contribution in [-0.4, -0.2) is 7.05 Å². The standard InChI is InChI=1S/C17H27N/c1-7-16(2,3)12-8-9-14-13(10-12)15(18-6)11-17(14,4)5/h8-10,15,18H,7,11H2,1-6H3. The molecule has 1 atom stereocenters. The molecule has 0 amide bonds. The van der Waals surface area contributed by atoms with Crippen molar-refractivity contribution in [3.8, 4) is 0 Å². The summed E-state index contributed by atoms with van der Waals surface area (Å²) in [5, 5.41) is 3.47. The first-order chi connectivity index (χ1) is 8.31. The summed E-state index contributed by atoms with van der Waals surface area (Å²) < 4.78 is 0. The zero-order valence-electron chi connectivity index (χ0n) is 12.7. The van der Waals surface area contributed by atoms with Gasteiger partial charge in [-0.05, 0) is 47.4 Å². The molecule has 0 heterocycles. The number of fused-ring (bicyclic) bond motifs is 1. The zero-order chi connectivity index (χ0) is 13.6. The van der Waals surface area contributed by atoms with E-state index in [-0.39, 0.29) is 5.41 Å². The molecular weight excluding hydrogens is 218 g/mol. The van der Waals surface area contributed by atoms with Crippen LogP contribution in [0.5, 0.6) is 0 Å². The van der Waals surface area contributed by atoms with Crippen molar-refractivity contribution < 1.29 is 0 Å². The summed E-state index contributed by atoms with van der Waals surface area (Å²) in [6.07, 6.45) is 2.38. The van der Waals surface area contributed by atoms with Crippen LogP contribution >= 0.6 is 0 Å². The van der Waals surface area contributed by atoms with Crippen molar-refractivity contribution in [2.24, 2.45) is 0 Å². The highest BCUT2D eigenvalue weighted by molar-refractivity contribution is 5.45. The smallest absolute Gasteiger partial charge is 0.0328 e. The molecule has 0 saturated carbocycles. The highest BCUT2D eigenvalue weighted by atomic mass is 14.9. The maximum Gasteiger partial charge on any atom is 0.0328 e. The normalized spacial score (nSPS) is 22.0. The molecule has 0 spiro atoms. The van der Waals surface area contributed by atoms with Crippen LogP contribution in [0.3, 0.4) is 0 Å². The van der Waals surface area contributed by atoms with Gasteiger partial charge in [0.25, 0.3) is 0 Å². The minimum absolute atomic E-state index is 0.278. The van der Waals surface area contributed by atoms with E-state index in [9.17, 15) is 0 Å². The predicted molar refractivity (Wildman–Crippen MR) is 79.2 cm³/mol. The Balaban J connectivity index is 2.50. The van der Waals surface area contributed by atoms with Gasteiger partial charge < -0.3 is 5.32 Å². The van der Waals surface area contributed by atoms with Gasteiger partial charge in [0.1, 0.15) is 0 Å². The van der Waals surface area contributed by atoms with Crippen LogP contribution in [0.1, 0.15) is 70.2 Å². The lowest BCUT2D eigenvalue weighted by Gasteiger charge is -2.25. The Hall–Kier alpha value is -0.820. The molecule has 2 rings (SSSR count). The Morgan fingerprint density at radius 2 is 2.00 bits per heavy atom. The molecule has 1 N–H and O–H groups in total. The maximum atomic E-state index is 3.47. The fourth-order valence-electron chi connectivity index (χ4n) is 3.08. The summed E-state index contributed by atoms with van der Waals surface area (Å²) in [7, 11) is 2.08. The van der Waals surface area contributed by atoms with Crippen LogP contribution in [-0.2, 0) is 10.8 Å². The molecular formula is C17H27N. The largest absolute Gasteiger partial charge is 0.313 e. The summed E-state index contributed by atoms with van der Waals surface area (Å²) in [4.78, 5) is 0. The molecule has 18 heavy (non-hydrogen) atoms. The van der Waals surface area contributed by atoms with Gasteiger partial charge >= 0.3 is 0 Å². The predicted octanol–water partition coefficient (Wildman–Crippen LogP) is 4.32. The molecule has 0 radical (unpaired) electrons. The van der Waals surface area contributed by atoms with E-state index in [0.717, 1.165) is 0 Å². The SMILES string of the molecule is CCC(C)(C)c1ccc2c(c1)C(NC)CC2(C)C. The first-order valence-corrected chi connectivity index (χ1v) is 7.14. The lowest BCUT2D eigenvalue weighted by atomic mass is 9.79. The van der Waals surface area contributed by atoms with Gasteiger partial charge in [0.05, 0.1) is 0 Å². The Kier molecular flexibility index (Phi) is 3.31. The lowest BCUT2D eigenvalue weighted by Crippen LogP contribution is -2.18. The molecule has 0 saturated heterocycles. The minimum Gasteiger partial charge on any atom is -0.313 e. The van der Waals surface area contributed by atoms with E-state index in [1.165, 1.54) is 29.5 Å². The molecule has 1 unspecified atom stereocenters. The first kappa shape index (κ1) is 13.6. The quantitative estimate of drug-likeness (QED) is 0.836. The summed E-state index contributed by atoms with van der Waals surface area (Å²) in [5.74, 6) is 0. The maximum absolute atomic E-state index is 3.47. The molecule has 1 nitrogen and oxygen atoms in total. The summed E-state index contributed by atoms with van der Waals surface area (Å²) in [6.45, 7) is 11.7. The summed E-state index contributed by atoms with van der Waals surface area (Å²) in [5.41, 5.74) is 5.10. The third-order valence-corrected chi connectivity index (χ3v) is 4.88. The van der Waals surface area contributed by atoms with Crippen molar-refractivity contribution in [3.05, 3.63) is 34.9 Å². The first-order valence-electron chi connectivity index (χ1n) is 7.14. The van der Waals surface area contributed by atoms with Crippen molar-refractivity contribution in [1.29, 1.82) is 0 Å². The van der Waals surface area contributed by atoms with Gasteiger partial charge in [-0.25, -0.2) is 0 Å². The Labute approximate surface area is 112 Å². The van der Waals surface area contributed by atoms with Gasteiger partial charge in [0.15, 0.2) is 0 Å². The van der Waals surface area contributed by atoms with Crippen molar-refractivity contribution in [3.63, 3.8) is 0 Å². The highest BCUT2D eigenvalue weighted by Crippen LogP contribution is 2.45. The van der Waals surface area contributed by atoms with E-state index in [4.69, 9.17) is 0 Å². The zero-order valence-corrected chi connectivity index (χ0v) is 12.7. The van der Waals surface area contributed by atoms with Crippen molar-refractivity contribution in [2.75, 3.05) is 7.05 Å². The Bertz CT molecular complexity index is 443. The van der Waals surface area contributed by atoms with Crippen molar-refractivity contribution in [2.45, 2.75) is 64.3 Å². The minimum atomic E-state index is 0.278. The van der Waals surface area contributed by atoms with Gasteiger partial charge in [0, 0.05) is 6.04 Å². The monoisotopic (exact) mass is 245 g/mol. The molecule has 1 aromatic rings. The molecule has 1 heteroatoms. The van der Waals surface area contributed by atoms with Gasteiger partial charge in [-0.1, -0.05) is 52.8 Å². The van der Waals surface area contributed by atoms with Gasteiger partial charge in [-0.3, -0.25) is 0 Å². The molecule has 1 aliphatic carbocycles. The van der Waals surface area contributed by atoms with Crippen molar-refractivity contribution >= 4 is 0 Å². The lowest BCUT2D eigenvalue weighted by molar-refractivity contribution is 0.447. The van der Waals surface area contributed by atoms with Gasteiger partial charge in [0.2, 0.25) is 0 Å². The van der Waals surface area contributed by atoms with E-state index >= 15 is 0 Å². The molecule has 0 fully saturated rings. The molecule has 0 aliphatic heterocycles. The average molecular weight is 245 g/mol. The van der Waals surface area contributed by atoms with E-state index in [1.54, 1.807) is 0 Å². The van der Waals surface area contributed by atoms with Crippen LogP contribution < -0.4 is 5.32 Å². The summed E-state index contributed by atoms with van der Waals surface area (Å²) in [6, 6.07) is 7.65. The second-order valence-corrected chi connectivity index (χ2v) is 6.97. The molecule has 1 aliphatic rings. The number of nitrogens with one attached hydrogen (secondary N) is 1.